The van der Waals surface area contributed by atoms with Crippen LogP contribution < -0.4 is 9.47 Å². The molecule has 0 unspecified atom stereocenters. The number of benzene rings is 2. The number of halogens is 9. The SMILES string of the molecule is Cc1c(F)c(F)c(F)c(OC(=O)O[C@@H]2/C=C/CC[C@](O)(C(=O)Oc3c(F)c(F)c(F)c(F)c3F)CC2)c1F. The van der Waals surface area contributed by atoms with Gasteiger partial charge in [-0.1, -0.05) is 6.08 Å². The number of hydrogen-bond acceptors (Lipinski definition) is 6. The van der Waals surface area contributed by atoms with Crippen LogP contribution in [0.5, 0.6) is 11.5 Å². The first-order valence-electron chi connectivity index (χ1n) is 10.5. The van der Waals surface area contributed by atoms with Crippen LogP contribution in [0.25, 0.3) is 0 Å². The molecular weight excluding hydrogens is 543 g/mol. The summed E-state index contributed by atoms with van der Waals surface area (Å²) in [6.07, 6.45) is -2.46. The van der Waals surface area contributed by atoms with Gasteiger partial charge in [-0.15, -0.1) is 0 Å². The molecule has 0 spiro atoms. The van der Waals surface area contributed by atoms with Crippen molar-refractivity contribution in [3.05, 3.63) is 70.1 Å². The van der Waals surface area contributed by atoms with Crippen molar-refractivity contribution < 1.29 is 68.4 Å². The Balaban J connectivity index is 1.73. The third kappa shape index (κ3) is 5.42. The van der Waals surface area contributed by atoms with Crippen molar-refractivity contribution in [1.82, 2.24) is 0 Å². The molecule has 3 rings (SSSR count). The van der Waals surface area contributed by atoms with Crippen LogP contribution in [0.4, 0.5) is 44.3 Å². The van der Waals surface area contributed by atoms with Gasteiger partial charge in [-0.05, 0) is 38.7 Å². The molecule has 1 aliphatic carbocycles. The van der Waals surface area contributed by atoms with Crippen LogP contribution in [0.3, 0.4) is 0 Å². The number of ether oxygens (including phenoxy) is 3. The highest BCUT2D eigenvalue weighted by Gasteiger charge is 2.41. The van der Waals surface area contributed by atoms with E-state index in [0.29, 0.717) is 0 Å². The molecule has 0 fully saturated rings. The summed E-state index contributed by atoms with van der Waals surface area (Å²) in [5.41, 5.74) is -3.57. The molecule has 2 aromatic carbocycles. The Morgan fingerprint density at radius 1 is 0.763 bits per heavy atom. The molecule has 15 heteroatoms. The minimum absolute atomic E-state index is 0.163. The second-order valence-corrected chi connectivity index (χ2v) is 8.04. The summed E-state index contributed by atoms with van der Waals surface area (Å²) in [5.74, 6) is -25.4. The predicted octanol–water partition coefficient (Wildman–Crippen LogP) is 5.60. The second-order valence-electron chi connectivity index (χ2n) is 8.04. The lowest BCUT2D eigenvalue weighted by Gasteiger charge is -2.28. The highest BCUT2D eigenvalue weighted by molar-refractivity contribution is 5.81. The van der Waals surface area contributed by atoms with Gasteiger partial charge in [-0.25, -0.2) is 35.9 Å². The lowest BCUT2D eigenvalue weighted by atomic mass is 9.88. The van der Waals surface area contributed by atoms with Crippen LogP contribution in [0.15, 0.2) is 12.2 Å². The number of carbonyl (C=O) groups is 2. The van der Waals surface area contributed by atoms with Crippen molar-refractivity contribution in [2.24, 2.45) is 0 Å². The molecule has 0 saturated carbocycles. The molecule has 1 aliphatic rings. The van der Waals surface area contributed by atoms with E-state index in [1.54, 1.807) is 0 Å². The average molecular weight is 558 g/mol. The maximum absolute atomic E-state index is 14.1. The van der Waals surface area contributed by atoms with Gasteiger partial charge in [0.25, 0.3) is 0 Å². The largest absolute Gasteiger partial charge is 0.514 e. The Labute approximate surface area is 207 Å². The fourth-order valence-electron chi connectivity index (χ4n) is 3.38. The minimum Gasteiger partial charge on any atom is -0.426 e. The quantitative estimate of drug-likeness (QED) is 0.100. The summed E-state index contributed by atoms with van der Waals surface area (Å²) in [5, 5.41) is 10.7. The zero-order valence-electron chi connectivity index (χ0n) is 19.0. The maximum atomic E-state index is 14.1. The van der Waals surface area contributed by atoms with Crippen LogP contribution in [0.2, 0.25) is 0 Å². The summed E-state index contributed by atoms with van der Waals surface area (Å²) >= 11 is 0. The van der Waals surface area contributed by atoms with E-state index in [2.05, 4.69) is 9.47 Å². The number of aliphatic hydroxyl groups is 1. The topological polar surface area (TPSA) is 82.1 Å². The highest BCUT2D eigenvalue weighted by atomic mass is 19.2. The van der Waals surface area contributed by atoms with Crippen molar-refractivity contribution in [1.29, 1.82) is 0 Å². The van der Waals surface area contributed by atoms with E-state index >= 15 is 0 Å². The third-order valence-corrected chi connectivity index (χ3v) is 5.54. The first-order chi connectivity index (χ1) is 17.7. The lowest BCUT2D eigenvalue weighted by molar-refractivity contribution is -0.158. The number of allylic oxidation sites excluding steroid dienone is 1. The highest BCUT2D eigenvalue weighted by Crippen LogP contribution is 2.33. The van der Waals surface area contributed by atoms with Gasteiger partial charge in [0.15, 0.2) is 23.1 Å². The van der Waals surface area contributed by atoms with Crippen LogP contribution in [0.1, 0.15) is 31.2 Å². The van der Waals surface area contributed by atoms with E-state index in [1.807, 2.05) is 0 Å². The molecule has 0 radical (unpaired) electrons. The Morgan fingerprint density at radius 2 is 1.26 bits per heavy atom. The standard InChI is InChI=1S/C23H15F9O6/c1-8-10(24)12(26)16(30)19(11(8)25)38-22(34)36-9-4-2-3-6-23(35,7-5-9)21(33)37-20-17(31)14(28)13(27)15(29)18(20)32/h2,4,9,35H,3,5-7H2,1H3/b4-2+/t9-,23-/m1/s1. The first kappa shape index (κ1) is 28.8. The number of esters is 1. The van der Waals surface area contributed by atoms with Gasteiger partial charge in [-0.2, -0.15) is 13.2 Å². The molecule has 0 bridgehead atoms. The first-order valence-corrected chi connectivity index (χ1v) is 10.5. The Hall–Kier alpha value is -3.75. The fourth-order valence-corrected chi connectivity index (χ4v) is 3.38. The summed E-state index contributed by atoms with van der Waals surface area (Å²) in [6, 6.07) is 0. The molecule has 6 nitrogen and oxygen atoms in total. The molecule has 0 aromatic heterocycles. The van der Waals surface area contributed by atoms with E-state index in [-0.39, 0.29) is 6.42 Å². The second kappa shape index (κ2) is 10.9. The van der Waals surface area contributed by atoms with Gasteiger partial charge < -0.3 is 19.3 Å². The number of carbonyl (C=O) groups excluding carboxylic acids is 2. The molecule has 0 aliphatic heterocycles. The Kier molecular flexibility index (Phi) is 8.29. The normalized spacial score (nSPS) is 20.3. The summed E-state index contributed by atoms with van der Waals surface area (Å²) in [6.45, 7) is 0.745. The van der Waals surface area contributed by atoms with Crippen LogP contribution >= 0.6 is 0 Å². The van der Waals surface area contributed by atoms with Crippen molar-refractivity contribution >= 4 is 12.1 Å². The Morgan fingerprint density at radius 3 is 1.84 bits per heavy atom. The van der Waals surface area contributed by atoms with Crippen LogP contribution in [0, 0.1) is 59.3 Å². The lowest BCUT2D eigenvalue weighted by Crippen LogP contribution is -2.43. The zero-order valence-corrected chi connectivity index (χ0v) is 19.0. The molecule has 0 heterocycles. The summed E-state index contributed by atoms with van der Waals surface area (Å²) in [7, 11) is 0. The molecule has 0 saturated heterocycles. The number of hydrogen-bond donors (Lipinski definition) is 1. The van der Waals surface area contributed by atoms with Crippen molar-refractivity contribution in [2.75, 3.05) is 0 Å². The average Bonchev–Trinajstić information content (AvgIpc) is 2.88. The fraction of sp³-hybridized carbons (Fsp3) is 0.304. The third-order valence-electron chi connectivity index (χ3n) is 5.54. The van der Waals surface area contributed by atoms with Crippen LogP contribution in [-0.4, -0.2) is 28.9 Å². The van der Waals surface area contributed by atoms with E-state index in [1.165, 1.54) is 12.2 Å². The van der Waals surface area contributed by atoms with Gasteiger partial charge >= 0.3 is 12.1 Å². The van der Waals surface area contributed by atoms with Gasteiger partial charge in [-0.3, -0.25) is 0 Å². The van der Waals surface area contributed by atoms with Gasteiger partial charge in [0, 0.05) is 5.56 Å². The molecule has 1 N–H and O–H groups in total. The monoisotopic (exact) mass is 558 g/mol. The minimum atomic E-state index is -2.58. The Bertz CT molecular complexity index is 1270. The molecule has 206 valence electrons. The van der Waals surface area contributed by atoms with E-state index in [9.17, 15) is 54.2 Å². The van der Waals surface area contributed by atoms with E-state index < -0.39 is 113 Å². The van der Waals surface area contributed by atoms with Crippen molar-refractivity contribution in [3.8, 4) is 11.5 Å². The van der Waals surface area contributed by atoms with E-state index in [0.717, 1.165) is 6.92 Å². The van der Waals surface area contributed by atoms with Crippen LogP contribution in [-0.2, 0) is 9.53 Å². The van der Waals surface area contributed by atoms with Crippen molar-refractivity contribution in [2.45, 2.75) is 44.3 Å². The molecule has 38 heavy (non-hydrogen) atoms. The molecule has 2 aromatic rings. The molecule has 0 amide bonds. The molecular formula is C23H15F9O6. The number of rotatable bonds is 4. The predicted molar refractivity (Wildman–Crippen MR) is 106 cm³/mol. The summed E-state index contributed by atoms with van der Waals surface area (Å²) < 4.78 is 136. The maximum Gasteiger partial charge on any atom is 0.514 e. The summed E-state index contributed by atoms with van der Waals surface area (Å²) in [4.78, 5) is 24.5. The molecule has 2 atom stereocenters. The van der Waals surface area contributed by atoms with Gasteiger partial charge in [0.2, 0.25) is 46.4 Å². The van der Waals surface area contributed by atoms with Crippen molar-refractivity contribution in [3.63, 3.8) is 0 Å². The van der Waals surface area contributed by atoms with Gasteiger partial charge in [0.05, 0.1) is 0 Å². The van der Waals surface area contributed by atoms with Gasteiger partial charge in [0.1, 0.15) is 6.10 Å². The smallest absolute Gasteiger partial charge is 0.426 e. The van der Waals surface area contributed by atoms with E-state index in [4.69, 9.17) is 4.74 Å². The zero-order chi connectivity index (χ0) is 28.5.